The van der Waals surface area contributed by atoms with Crippen LogP contribution < -0.4 is 0 Å². The lowest BCUT2D eigenvalue weighted by molar-refractivity contribution is -0.141. The van der Waals surface area contributed by atoms with E-state index in [-0.39, 0.29) is 6.42 Å². The Morgan fingerprint density at radius 2 is 1.76 bits per heavy atom. The highest BCUT2D eigenvalue weighted by Crippen LogP contribution is 2.52. The largest absolute Gasteiger partial charge is 0.392 e. The van der Waals surface area contributed by atoms with Crippen LogP contribution in [0.2, 0.25) is 0 Å². The molecule has 0 heterocycles. The molecule has 4 heteroatoms. The van der Waals surface area contributed by atoms with Crippen LogP contribution in [0.3, 0.4) is 0 Å². The van der Waals surface area contributed by atoms with Crippen molar-refractivity contribution in [3.05, 3.63) is 35.9 Å². The number of rotatable bonds is 4. The lowest BCUT2D eigenvalue weighted by atomic mass is 9.87. The van der Waals surface area contributed by atoms with Crippen LogP contribution in [0.25, 0.3) is 0 Å². The minimum absolute atomic E-state index is 0.210. The van der Waals surface area contributed by atoms with Gasteiger partial charge in [0.05, 0.1) is 6.10 Å². The van der Waals surface area contributed by atoms with Crippen molar-refractivity contribution in [1.82, 2.24) is 0 Å². The second-order valence-electron chi connectivity index (χ2n) is 4.69. The number of hydrogen-bond acceptors (Lipinski definition) is 1. The predicted octanol–water partition coefficient (Wildman–Crippen LogP) is 3.42. The Bertz CT molecular complexity index is 368. The summed E-state index contributed by atoms with van der Waals surface area (Å²) in [5.41, 5.74) is 0.529. The number of hydrogen-bond donors (Lipinski definition) is 1. The summed E-state index contributed by atoms with van der Waals surface area (Å²) in [7, 11) is 0. The first kappa shape index (κ1) is 12.4. The van der Waals surface area contributed by atoms with E-state index in [1.807, 2.05) is 30.3 Å². The highest BCUT2D eigenvalue weighted by molar-refractivity contribution is 5.32. The van der Waals surface area contributed by atoms with Crippen LogP contribution in [0.4, 0.5) is 13.2 Å². The molecule has 0 amide bonds. The van der Waals surface area contributed by atoms with Crippen molar-refractivity contribution in [3.63, 3.8) is 0 Å². The zero-order valence-corrected chi connectivity index (χ0v) is 9.37. The highest BCUT2D eigenvalue weighted by Gasteiger charge is 2.50. The second kappa shape index (κ2) is 4.33. The van der Waals surface area contributed by atoms with Gasteiger partial charge >= 0.3 is 6.18 Å². The molecule has 1 nitrogen and oxygen atoms in total. The molecule has 2 rings (SSSR count). The Morgan fingerprint density at radius 3 is 2.24 bits per heavy atom. The first-order valence-corrected chi connectivity index (χ1v) is 5.74. The van der Waals surface area contributed by atoms with Crippen LogP contribution in [-0.2, 0) is 5.41 Å². The van der Waals surface area contributed by atoms with E-state index in [9.17, 15) is 18.3 Å². The fourth-order valence-corrected chi connectivity index (χ4v) is 2.30. The zero-order valence-electron chi connectivity index (χ0n) is 9.37. The van der Waals surface area contributed by atoms with Crippen molar-refractivity contribution in [2.75, 3.05) is 0 Å². The molecular weight excluding hydrogens is 229 g/mol. The summed E-state index contributed by atoms with van der Waals surface area (Å²) in [6.45, 7) is 0. The Morgan fingerprint density at radius 1 is 1.18 bits per heavy atom. The number of aliphatic hydroxyl groups excluding tert-OH is 1. The lowest BCUT2D eigenvalue weighted by Crippen LogP contribution is -2.27. The number of halogens is 3. The molecule has 1 saturated carbocycles. The van der Waals surface area contributed by atoms with Gasteiger partial charge < -0.3 is 5.11 Å². The molecule has 1 aromatic rings. The van der Waals surface area contributed by atoms with E-state index in [0.29, 0.717) is 0 Å². The Hall–Kier alpha value is -1.03. The molecule has 0 spiro atoms. The Labute approximate surface area is 98.3 Å². The molecule has 1 aliphatic carbocycles. The fraction of sp³-hybridized carbons (Fsp3) is 0.538. The third-order valence-corrected chi connectivity index (χ3v) is 3.48. The van der Waals surface area contributed by atoms with Gasteiger partial charge in [0.15, 0.2) is 0 Å². The van der Waals surface area contributed by atoms with Crippen molar-refractivity contribution < 1.29 is 18.3 Å². The standard InChI is InChI=1S/C13H15F3O/c14-13(15,16)7-6-11(17)12(8-9-12)10-4-2-1-3-5-10/h1-5,11,17H,6-9H2. The fourth-order valence-electron chi connectivity index (χ4n) is 2.30. The monoisotopic (exact) mass is 244 g/mol. The average molecular weight is 244 g/mol. The number of aliphatic hydroxyl groups is 1. The van der Waals surface area contributed by atoms with Gasteiger partial charge in [0.1, 0.15) is 0 Å². The van der Waals surface area contributed by atoms with Gasteiger partial charge in [0.2, 0.25) is 0 Å². The average Bonchev–Trinajstić information content (AvgIpc) is 3.07. The topological polar surface area (TPSA) is 20.2 Å². The third-order valence-electron chi connectivity index (χ3n) is 3.48. The molecule has 0 radical (unpaired) electrons. The maximum absolute atomic E-state index is 12.1. The van der Waals surface area contributed by atoms with Crippen LogP contribution in [0, 0.1) is 0 Å². The van der Waals surface area contributed by atoms with Crippen molar-refractivity contribution in [3.8, 4) is 0 Å². The molecule has 0 aromatic heterocycles. The quantitative estimate of drug-likeness (QED) is 0.860. The molecule has 1 atom stereocenters. The molecule has 17 heavy (non-hydrogen) atoms. The minimum Gasteiger partial charge on any atom is -0.392 e. The minimum atomic E-state index is -4.19. The van der Waals surface area contributed by atoms with Gasteiger partial charge in [0, 0.05) is 11.8 Å². The molecule has 0 saturated heterocycles. The van der Waals surface area contributed by atoms with Crippen molar-refractivity contribution in [1.29, 1.82) is 0 Å². The predicted molar refractivity (Wildman–Crippen MR) is 58.6 cm³/mol. The van der Waals surface area contributed by atoms with Gasteiger partial charge in [-0.1, -0.05) is 30.3 Å². The van der Waals surface area contributed by atoms with Crippen LogP contribution >= 0.6 is 0 Å². The molecule has 1 aromatic carbocycles. The van der Waals surface area contributed by atoms with Crippen molar-refractivity contribution >= 4 is 0 Å². The van der Waals surface area contributed by atoms with Gasteiger partial charge in [-0.3, -0.25) is 0 Å². The van der Waals surface area contributed by atoms with Crippen LogP contribution in [0.5, 0.6) is 0 Å². The summed E-state index contributed by atoms with van der Waals surface area (Å²) in [6, 6.07) is 9.33. The maximum atomic E-state index is 12.1. The summed E-state index contributed by atoms with van der Waals surface area (Å²) >= 11 is 0. The van der Waals surface area contributed by atoms with E-state index in [1.54, 1.807) is 0 Å². The van der Waals surface area contributed by atoms with E-state index < -0.39 is 24.1 Å². The summed E-state index contributed by atoms with van der Waals surface area (Å²) < 4.78 is 36.3. The van der Waals surface area contributed by atoms with Crippen LogP contribution in [0.15, 0.2) is 30.3 Å². The first-order valence-electron chi connectivity index (χ1n) is 5.74. The summed E-state index contributed by atoms with van der Waals surface area (Å²) in [6.07, 6.45) is -4.66. The van der Waals surface area contributed by atoms with E-state index in [1.165, 1.54) is 0 Å². The summed E-state index contributed by atoms with van der Waals surface area (Å²) in [5, 5.41) is 9.96. The third kappa shape index (κ3) is 2.80. The normalized spacial score (nSPS) is 20.0. The molecule has 1 unspecified atom stereocenters. The van der Waals surface area contributed by atoms with E-state index in [4.69, 9.17) is 0 Å². The van der Waals surface area contributed by atoms with Gasteiger partial charge in [-0.15, -0.1) is 0 Å². The van der Waals surface area contributed by atoms with Crippen LogP contribution in [-0.4, -0.2) is 17.4 Å². The lowest BCUT2D eigenvalue weighted by Gasteiger charge is -2.23. The molecule has 1 aliphatic rings. The Kier molecular flexibility index (Phi) is 3.17. The summed E-state index contributed by atoms with van der Waals surface area (Å²) in [5.74, 6) is 0. The highest BCUT2D eigenvalue weighted by atomic mass is 19.4. The van der Waals surface area contributed by atoms with Crippen molar-refractivity contribution in [2.24, 2.45) is 0 Å². The molecule has 0 aliphatic heterocycles. The number of benzene rings is 1. The molecular formula is C13H15F3O. The molecule has 0 bridgehead atoms. The molecule has 1 fully saturated rings. The van der Waals surface area contributed by atoms with E-state index in [2.05, 4.69) is 0 Å². The second-order valence-corrected chi connectivity index (χ2v) is 4.69. The van der Waals surface area contributed by atoms with Gasteiger partial charge in [-0.2, -0.15) is 13.2 Å². The van der Waals surface area contributed by atoms with E-state index >= 15 is 0 Å². The van der Waals surface area contributed by atoms with Crippen LogP contribution in [0.1, 0.15) is 31.2 Å². The smallest absolute Gasteiger partial charge is 0.389 e. The molecule has 1 N–H and O–H groups in total. The zero-order chi connectivity index (χ0) is 12.5. The van der Waals surface area contributed by atoms with Gasteiger partial charge in [-0.05, 0) is 24.8 Å². The van der Waals surface area contributed by atoms with Gasteiger partial charge in [-0.25, -0.2) is 0 Å². The SMILES string of the molecule is OC(CCC(F)(F)F)C1(c2ccccc2)CC1. The first-order chi connectivity index (χ1) is 7.94. The maximum Gasteiger partial charge on any atom is 0.389 e. The van der Waals surface area contributed by atoms with Crippen molar-refractivity contribution in [2.45, 2.75) is 43.4 Å². The number of alkyl halides is 3. The van der Waals surface area contributed by atoms with E-state index in [0.717, 1.165) is 18.4 Å². The molecule has 94 valence electrons. The van der Waals surface area contributed by atoms with Gasteiger partial charge in [0.25, 0.3) is 0 Å². The summed E-state index contributed by atoms with van der Waals surface area (Å²) in [4.78, 5) is 0. The Balaban J connectivity index is 2.02.